The van der Waals surface area contributed by atoms with E-state index in [1.807, 2.05) is 0 Å². The van der Waals surface area contributed by atoms with Crippen molar-refractivity contribution in [2.24, 2.45) is 0 Å². The summed E-state index contributed by atoms with van der Waals surface area (Å²) in [7, 11) is -4.45. The first-order valence-corrected chi connectivity index (χ1v) is 7.44. The molecule has 0 spiro atoms. The van der Waals surface area contributed by atoms with Gasteiger partial charge in [-0.1, -0.05) is 30.4 Å². The number of hydrogen-bond donors (Lipinski definition) is 1. The zero-order valence-electron chi connectivity index (χ0n) is 10.9. The molecule has 2 atom stereocenters. The fourth-order valence-corrected chi connectivity index (χ4v) is 2.78. The molecule has 0 fully saturated rings. The molecule has 1 N–H and O–H groups in total. The fraction of sp³-hybridized carbons (Fsp3) is 0.231. The zero-order valence-corrected chi connectivity index (χ0v) is 11.7. The van der Waals surface area contributed by atoms with E-state index in [2.05, 4.69) is 0 Å². The van der Waals surface area contributed by atoms with Crippen molar-refractivity contribution in [3.05, 3.63) is 64.0 Å². The van der Waals surface area contributed by atoms with Gasteiger partial charge >= 0.3 is 0 Å². The number of halogens is 1. The van der Waals surface area contributed by atoms with Gasteiger partial charge in [-0.05, 0) is 13.0 Å². The molecule has 0 bridgehead atoms. The minimum Gasteiger partial charge on any atom is -0.285 e. The Morgan fingerprint density at radius 1 is 1.38 bits per heavy atom. The highest BCUT2D eigenvalue weighted by molar-refractivity contribution is 7.86. The van der Waals surface area contributed by atoms with Crippen molar-refractivity contribution in [1.29, 1.82) is 0 Å². The molecule has 8 heteroatoms. The summed E-state index contributed by atoms with van der Waals surface area (Å²) in [5.41, 5.74) is -1.61. The molecule has 0 saturated heterocycles. The Kier molecular flexibility index (Phi) is 3.68. The summed E-state index contributed by atoms with van der Waals surface area (Å²) in [6.07, 6.45) is 3.06. The molecule has 6 nitrogen and oxygen atoms in total. The van der Waals surface area contributed by atoms with Gasteiger partial charge in [0.05, 0.1) is 10.3 Å². The molecule has 0 heterocycles. The predicted octanol–water partition coefficient (Wildman–Crippen LogP) is 2.53. The van der Waals surface area contributed by atoms with Gasteiger partial charge < -0.3 is 0 Å². The van der Waals surface area contributed by atoms with Crippen molar-refractivity contribution < 1.29 is 22.3 Å². The summed E-state index contributed by atoms with van der Waals surface area (Å²) in [4.78, 5) is 10.4. The molecule has 1 aliphatic rings. The van der Waals surface area contributed by atoms with Gasteiger partial charge in [0.25, 0.3) is 15.8 Å². The largest absolute Gasteiger partial charge is 0.285 e. The van der Waals surface area contributed by atoms with E-state index in [1.165, 1.54) is 37.3 Å². The average Bonchev–Trinajstić information content (AvgIpc) is 2.40. The number of hydrogen-bond acceptors (Lipinski definition) is 4. The summed E-state index contributed by atoms with van der Waals surface area (Å²) in [6, 6.07) is 5.64. The van der Waals surface area contributed by atoms with Crippen molar-refractivity contribution >= 4 is 15.8 Å². The third kappa shape index (κ3) is 2.72. The van der Waals surface area contributed by atoms with Crippen LogP contribution in [0.15, 0.2) is 48.3 Å². The highest BCUT2D eigenvalue weighted by Crippen LogP contribution is 2.41. The zero-order chi connectivity index (χ0) is 15.8. The summed E-state index contributed by atoms with van der Waals surface area (Å²) in [5.74, 6) is -0.873. The van der Waals surface area contributed by atoms with Crippen LogP contribution in [0.5, 0.6) is 0 Å². The van der Waals surface area contributed by atoms with E-state index in [1.54, 1.807) is 0 Å². The molecule has 2 unspecified atom stereocenters. The van der Waals surface area contributed by atoms with Gasteiger partial charge in [-0.15, -0.1) is 0 Å². The second-order valence-electron chi connectivity index (χ2n) is 4.83. The van der Waals surface area contributed by atoms with Crippen LogP contribution in [0.25, 0.3) is 0 Å². The van der Waals surface area contributed by atoms with Crippen molar-refractivity contribution in [3.63, 3.8) is 0 Å². The molecule has 1 aromatic carbocycles. The molecular formula is C13H12FNO5S. The Morgan fingerprint density at radius 3 is 2.52 bits per heavy atom. The maximum atomic E-state index is 14.4. The first-order valence-electron chi connectivity index (χ1n) is 5.93. The molecule has 112 valence electrons. The van der Waals surface area contributed by atoms with E-state index < -0.39 is 31.5 Å². The van der Waals surface area contributed by atoms with Gasteiger partial charge in [0.2, 0.25) is 0 Å². The lowest BCUT2D eigenvalue weighted by Gasteiger charge is -2.28. The number of para-hydroxylation sites is 1. The van der Waals surface area contributed by atoms with Crippen LogP contribution in [0.1, 0.15) is 12.5 Å². The molecule has 0 saturated carbocycles. The minimum absolute atomic E-state index is 0.105. The molecule has 0 amide bonds. The van der Waals surface area contributed by atoms with E-state index >= 15 is 0 Å². The smallest absolute Gasteiger partial charge is 0.275 e. The molecule has 0 aliphatic heterocycles. The van der Waals surface area contributed by atoms with Gasteiger partial charge in [-0.2, -0.15) is 8.42 Å². The Morgan fingerprint density at radius 2 is 2.00 bits per heavy atom. The molecule has 2 rings (SSSR count). The van der Waals surface area contributed by atoms with Crippen molar-refractivity contribution in [2.45, 2.75) is 17.6 Å². The number of nitro benzene ring substituents is 1. The first kappa shape index (κ1) is 15.3. The van der Waals surface area contributed by atoms with Crippen molar-refractivity contribution in [1.82, 2.24) is 0 Å². The van der Waals surface area contributed by atoms with Gasteiger partial charge in [-0.3, -0.25) is 14.7 Å². The van der Waals surface area contributed by atoms with Crippen LogP contribution < -0.4 is 0 Å². The van der Waals surface area contributed by atoms with E-state index in [0.717, 1.165) is 12.2 Å². The number of rotatable bonds is 3. The topological polar surface area (TPSA) is 97.5 Å². The van der Waals surface area contributed by atoms with Crippen molar-refractivity contribution in [3.8, 4) is 0 Å². The standard InChI is InChI=1S/C13H12FNO5S/c1-13(10-4-2-3-5-11(10)15(16)17)7-6-9(8-12(13)14)21(18,19)20/h2-9H,1H3,(H,18,19,20). The normalized spacial score (nSPS) is 25.5. The fourth-order valence-electron chi connectivity index (χ4n) is 2.22. The van der Waals surface area contributed by atoms with Gasteiger partial charge in [-0.25, -0.2) is 4.39 Å². The molecular weight excluding hydrogens is 301 g/mol. The van der Waals surface area contributed by atoms with Crippen molar-refractivity contribution in [2.75, 3.05) is 0 Å². The molecule has 0 radical (unpaired) electrons. The Balaban J connectivity index is 2.56. The maximum absolute atomic E-state index is 14.4. The average molecular weight is 313 g/mol. The quantitative estimate of drug-likeness (QED) is 0.400. The summed E-state index contributed by atoms with van der Waals surface area (Å²) in [6.45, 7) is 1.40. The second kappa shape index (κ2) is 5.05. The number of nitro groups is 1. The second-order valence-corrected chi connectivity index (χ2v) is 6.40. The lowest BCUT2D eigenvalue weighted by Crippen LogP contribution is -2.28. The Labute approximate surface area is 120 Å². The molecule has 1 aromatic rings. The third-order valence-corrected chi connectivity index (χ3v) is 4.41. The highest BCUT2D eigenvalue weighted by atomic mass is 32.2. The van der Waals surface area contributed by atoms with Crippen LogP contribution in [0.4, 0.5) is 10.1 Å². The van der Waals surface area contributed by atoms with E-state index in [0.29, 0.717) is 0 Å². The minimum atomic E-state index is -4.45. The van der Waals surface area contributed by atoms with Crippen LogP contribution in [-0.4, -0.2) is 23.1 Å². The third-order valence-electron chi connectivity index (χ3n) is 3.43. The molecule has 1 aliphatic carbocycles. The number of benzene rings is 1. The Bertz CT molecular complexity index is 756. The van der Waals surface area contributed by atoms with Crippen LogP contribution in [0.2, 0.25) is 0 Å². The SMILES string of the molecule is CC1(c2ccccc2[N+](=O)[O-])C=CC(S(=O)(=O)O)C=C1F. The molecule has 21 heavy (non-hydrogen) atoms. The monoisotopic (exact) mass is 313 g/mol. The first-order chi connectivity index (χ1) is 9.66. The van der Waals surface area contributed by atoms with Gasteiger partial charge in [0.1, 0.15) is 11.1 Å². The summed E-state index contributed by atoms with van der Waals surface area (Å²) < 4.78 is 45.4. The Hall–Kier alpha value is -2.06. The summed E-state index contributed by atoms with van der Waals surface area (Å²) >= 11 is 0. The van der Waals surface area contributed by atoms with E-state index in [4.69, 9.17) is 4.55 Å². The van der Waals surface area contributed by atoms with Crippen LogP contribution >= 0.6 is 0 Å². The summed E-state index contributed by atoms with van der Waals surface area (Å²) in [5, 5.41) is 9.55. The lowest BCUT2D eigenvalue weighted by atomic mass is 9.77. The number of nitrogens with zero attached hydrogens (tertiary/aromatic N) is 1. The van der Waals surface area contributed by atoms with Crippen LogP contribution in [0, 0.1) is 10.1 Å². The van der Waals surface area contributed by atoms with Gasteiger partial charge in [0, 0.05) is 11.6 Å². The van der Waals surface area contributed by atoms with E-state index in [9.17, 15) is 22.9 Å². The lowest BCUT2D eigenvalue weighted by molar-refractivity contribution is -0.385. The maximum Gasteiger partial charge on any atom is 0.275 e. The highest BCUT2D eigenvalue weighted by Gasteiger charge is 2.39. The van der Waals surface area contributed by atoms with E-state index in [-0.39, 0.29) is 11.3 Å². The predicted molar refractivity (Wildman–Crippen MR) is 74.1 cm³/mol. The molecule has 0 aromatic heterocycles. The van der Waals surface area contributed by atoms with Gasteiger partial charge in [0.15, 0.2) is 0 Å². The number of allylic oxidation sites excluding steroid dienone is 2. The van der Waals surface area contributed by atoms with Crippen LogP contribution in [0.3, 0.4) is 0 Å². The van der Waals surface area contributed by atoms with Crippen LogP contribution in [-0.2, 0) is 15.5 Å².